The summed E-state index contributed by atoms with van der Waals surface area (Å²) in [5, 5.41) is 2.94. The van der Waals surface area contributed by atoms with Gasteiger partial charge in [-0.1, -0.05) is 36.4 Å². The summed E-state index contributed by atoms with van der Waals surface area (Å²) in [6.45, 7) is 0. The predicted molar refractivity (Wildman–Crippen MR) is 80.3 cm³/mol. The maximum atomic E-state index is 11.4. The van der Waals surface area contributed by atoms with E-state index >= 15 is 0 Å². The van der Waals surface area contributed by atoms with Crippen LogP contribution in [0.5, 0.6) is 0 Å². The number of hydrogen-bond acceptors (Lipinski definition) is 3. The molecule has 1 N–H and O–H groups in total. The molecule has 0 aliphatic carbocycles. The number of nitrogens with one attached hydrogen (secondary N) is 1. The third-order valence-corrected chi connectivity index (χ3v) is 2.98. The van der Waals surface area contributed by atoms with Crippen LogP contribution in [0.1, 0.15) is 5.56 Å². The fourth-order valence-electron chi connectivity index (χ4n) is 1.67. The largest absolute Gasteiger partial charge is 0.327 e. The first-order valence-corrected chi connectivity index (χ1v) is 7.88. The molecule has 0 amide bonds. The van der Waals surface area contributed by atoms with E-state index in [1.54, 1.807) is 18.3 Å². The van der Waals surface area contributed by atoms with Gasteiger partial charge in [0.05, 0.1) is 6.26 Å². The van der Waals surface area contributed by atoms with Gasteiger partial charge in [-0.05, 0) is 17.7 Å². The number of aromatic nitrogens is 1. The average molecular weight is 289 g/mol. The van der Waals surface area contributed by atoms with Crippen molar-refractivity contribution < 1.29 is 8.42 Å². The van der Waals surface area contributed by atoms with Crippen LogP contribution in [0.4, 0.5) is 5.82 Å². The zero-order valence-electron chi connectivity index (χ0n) is 11.0. The highest BCUT2D eigenvalue weighted by Crippen LogP contribution is 2.06. The molecule has 0 fully saturated rings. The lowest BCUT2D eigenvalue weighted by molar-refractivity contribution is 0.603. The van der Waals surface area contributed by atoms with Crippen molar-refractivity contribution in [3.05, 3.63) is 60.3 Å². The summed E-state index contributed by atoms with van der Waals surface area (Å²) in [5.74, 6) is 0.906. The van der Waals surface area contributed by atoms with E-state index < -0.39 is 10.0 Å². The number of sulfonamides is 1. The Morgan fingerprint density at radius 3 is 2.45 bits per heavy atom. The Kier molecular flexibility index (Phi) is 4.47. The number of benzene rings is 1. The van der Waals surface area contributed by atoms with Gasteiger partial charge in [-0.3, -0.25) is 0 Å². The van der Waals surface area contributed by atoms with Crippen LogP contribution in [0.3, 0.4) is 0 Å². The number of amidine groups is 1. The standard InChI is InChI=1S/C14H15N3O2S/c1-20(18,19)17-14(11-12-7-3-2-4-8-12)16-13-9-5-6-10-15-13/h2-10H,11H2,1H3,(H,15,16,17). The van der Waals surface area contributed by atoms with Crippen molar-refractivity contribution in [3.8, 4) is 0 Å². The van der Waals surface area contributed by atoms with Crippen LogP contribution in [0.25, 0.3) is 0 Å². The van der Waals surface area contributed by atoms with Crippen LogP contribution >= 0.6 is 0 Å². The van der Waals surface area contributed by atoms with Gasteiger partial charge in [0, 0.05) is 12.6 Å². The second-order valence-corrected chi connectivity index (χ2v) is 5.92. The zero-order chi connectivity index (χ0) is 14.4. The Hall–Kier alpha value is -2.21. The molecule has 0 bridgehead atoms. The topological polar surface area (TPSA) is 71.4 Å². The van der Waals surface area contributed by atoms with Crippen molar-refractivity contribution in [2.45, 2.75) is 6.42 Å². The summed E-state index contributed by atoms with van der Waals surface area (Å²) in [5.41, 5.74) is 0.971. The van der Waals surface area contributed by atoms with Crippen LogP contribution in [-0.2, 0) is 16.4 Å². The van der Waals surface area contributed by atoms with Gasteiger partial charge in [0.25, 0.3) is 10.0 Å². The molecule has 104 valence electrons. The van der Waals surface area contributed by atoms with E-state index in [0.717, 1.165) is 11.8 Å². The van der Waals surface area contributed by atoms with E-state index in [4.69, 9.17) is 0 Å². The quantitative estimate of drug-likeness (QED) is 0.691. The summed E-state index contributed by atoms with van der Waals surface area (Å²) < 4.78 is 26.5. The molecule has 0 aliphatic rings. The fraction of sp³-hybridized carbons (Fsp3) is 0.143. The van der Waals surface area contributed by atoms with Gasteiger partial charge in [-0.2, -0.15) is 4.40 Å². The minimum atomic E-state index is -3.47. The molecule has 20 heavy (non-hydrogen) atoms. The van der Waals surface area contributed by atoms with Crippen molar-refractivity contribution in [3.63, 3.8) is 0 Å². The summed E-state index contributed by atoms with van der Waals surface area (Å²) in [4.78, 5) is 4.10. The molecule has 0 unspecified atom stereocenters. The molecule has 1 aromatic carbocycles. The number of nitrogens with zero attached hydrogens (tertiary/aromatic N) is 2. The second-order valence-electron chi connectivity index (χ2n) is 4.27. The first-order chi connectivity index (χ1) is 9.53. The smallest absolute Gasteiger partial charge is 0.251 e. The van der Waals surface area contributed by atoms with E-state index in [-0.39, 0.29) is 0 Å². The molecule has 2 rings (SSSR count). The molecule has 0 aliphatic heterocycles. The van der Waals surface area contributed by atoms with E-state index in [9.17, 15) is 8.42 Å². The van der Waals surface area contributed by atoms with Crippen molar-refractivity contribution in [2.75, 3.05) is 11.6 Å². The van der Waals surface area contributed by atoms with E-state index in [1.165, 1.54) is 0 Å². The lowest BCUT2D eigenvalue weighted by Crippen LogP contribution is -2.17. The molecule has 1 heterocycles. The number of rotatable bonds is 4. The summed E-state index contributed by atoms with van der Waals surface area (Å²) in [7, 11) is -3.47. The highest BCUT2D eigenvalue weighted by molar-refractivity contribution is 7.89. The van der Waals surface area contributed by atoms with E-state index in [0.29, 0.717) is 18.1 Å². The Labute approximate surface area is 118 Å². The highest BCUT2D eigenvalue weighted by Gasteiger charge is 2.07. The molecule has 5 nitrogen and oxygen atoms in total. The van der Waals surface area contributed by atoms with Crippen molar-refractivity contribution in [2.24, 2.45) is 4.40 Å². The van der Waals surface area contributed by atoms with Crippen molar-refractivity contribution in [1.82, 2.24) is 4.98 Å². The molecule has 0 saturated heterocycles. The molecule has 1 aromatic heterocycles. The van der Waals surface area contributed by atoms with Crippen LogP contribution in [-0.4, -0.2) is 25.5 Å². The maximum absolute atomic E-state index is 11.4. The molecule has 2 aromatic rings. The number of anilines is 1. The second kappa shape index (κ2) is 6.29. The van der Waals surface area contributed by atoms with Gasteiger partial charge in [-0.15, -0.1) is 0 Å². The lowest BCUT2D eigenvalue weighted by atomic mass is 10.1. The Morgan fingerprint density at radius 1 is 1.15 bits per heavy atom. The minimum Gasteiger partial charge on any atom is -0.327 e. The SMILES string of the molecule is CS(=O)(=O)N=C(Cc1ccccc1)Nc1ccccn1. The normalized spacial score (nSPS) is 12.2. The van der Waals surface area contributed by atoms with Gasteiger partial charge in [0.2, 0.25) is 0 Å². The Morgan fingerprint density at radius 2 is 1.85 bits per heavy atom. The van der Waals surface area contributed by atoms with Gasteiger partial charge < -0.3 is 5.32 Å². The minimum absolute atomic E-state index is 0.345. The van der Waals surface area contributed by atoms with Gasteiger partial charge in [-0.25, -0.2) is 13.4 Å². The lowest BCUT2D eigenvalue weighted by Gasteiger charge is -2.08. The highest BCUT2D eigenvalue weighted by atomic mass is 32.2. The first-order valence-electron chi connectivity index (χ1n) is 6.04. The molecule has 0 radical (unpaired) electrons. The monoisotopic (exact) mass is 289 g/mol. The van der Waals surface area contributed by atoms with Gasteiger partial charge in [0.1, 0.15) is 11.7 Å². The summed E-state index contributed by atoms with van der Waals surface area (Å²) in [6, 6.07) is 14.9. The third-order valence-electron chi connectivity index (χ3n) is 2.43. The Balaban J connectivity index is 2.24. The first kappa shape index (κ1) is 14.2. The third kappa shape index (κ3) is 4.81. The molecular weight excluding hydrogens is 274 g/mol. The summed E-state index contributed by atoms with van der Waals surface area (Å²) >= 11 is 0. The number of hydrogen-bond donors (Lipinski definition) is 1. The molecule has 6 heteroatoms. The zero-order valence-corrected chi connectivity index (χ0v) is 11.8. The average Bonchev–Trinajstić information content (AvgIpc) is 2.39. The van der Waals surface area contributed by atoms with Crippen LogP contribution in [0, 0.1) is 0 Å². The molecule has 0 atom stereocenters. The van der Waals surface area contributed by atoms with Crippen molar-refractivity contribution in [1.29, 1.82) is 0 Å². The Bertz CT molecular complexity index is 639. The summed E-state index contributed by atoms with van der Waals surface area (Å²) in [6.07, 6.45) is 3.09. The molecular formula is C14H15N3O2S. The predicted octanol–water partition coefficient (Wildman–Crippen LogP) is 2.09. The molecule has 0 saturated carbocycles. The molecule has 0 spiro atoms. The van der Waals surface area contributed by atoms with Gasteiger partial charge >= 0.3 is 0 Å². The maximum Gasteiger partial charge on any atom is 0.251 e. The van der Waals surface area contributed by atoms with Crippen molar-refractivity contribution >= 4 is 21.7 Å². The van der Waals surface area contributed by atoms with E-state index in [2.05, 4.69) is 14.7 Å². The van der Waals surface area contributed by atoms with E-state index in [1.807, 2.05) is 36.4 Å². The fourth-order valence-corrected chi connectivity index (χ4v) is 2.18. The van der Waals surface area contributed by atoms with Gasteiger partial charge in [0.15, 0.2) is 0 Å². The van der Waals surface area contributed by atoms with Crippen LogP contribution in [0.15, 0.2) is 59.1 Å². The number of pyridine rings is 1. The van der Waals surface area contributed by atoms with Crippen LogP contribution < -0.4 is 5.32 Å². The van der Waals surface area contributed by atoms with Crippen LogP contribution in [0.2, 0.25) is 0 Å².